The predicted octanol–water partition coefficient (Wildman–Crippen LogP) is 0.166. The smallest absolute Gasteiger partial charge is 0.332 e. The van der Waals surface area contributed by atoms with Crippen molar-refractivity contribution in [2.24, 2.45) is 0 Å². The molecular formula is C3H8NO3Zr-. The van der Waals surface area contributed by atoms with Crippen LogP contribution in [0, 0.1) is 0 Å². The van der Waals surface area contributed by atoms with E-state index in [4.69, 9.17) is 10.2 Å². The molecule has 0 aliphatic carbocycles. The van der Waals surface area contributed by atoms with Crippen molar-refractivity contribution in [3.8, 4) is 0 Å². The van der Waals surface area contributed by atoms with E-state index in [1.54, 1.807) is 0 Å². The number of carboxylic acid groups (broad SMARTS) is 1. The zero-order valence-electron chi connectivity index (χ0n) is 4.46. The molecule has 4 nitrogen and oxygen atoms in total. The van der Waals surface area contributed by atoms with Gasteiger partial charge in [-0.25, -0.2) is 4.79 Å². The van der Waals surface area contributed by atoms with Crippen LogP contribution >= 0.6 is 0 Å². The topological polar surface area (TPSA) is 91.0 Å². The number of aliphatic hydroxyl groups is 1. The summed E-state index contributed by atoms with van der Waals surface area (Å²) in [5, 5.41) is 15.8. The van der Waals surface area contributed by atoms with Gasteiger partial charge in [-0.05, 0) is 6.92 Å². The van der Waals surface area contributed by atoms with Crippen molar-refractivity contribution in [3.63, 3.8) is 0 Å². The van der Waals surface area contributed by atoms with Crippen molar-refractivity contribution >= 4 is 5.97 Å². The summed E-state index contributed by atoms with van der Waals surface area (Å²) in [6.45, 7) is 1.20. The molecule has 0 aromatic rings. The minimum atomic E-state index is -1.23. The Hall–Kier alpha value is 0.273. The molecule has 5 heteroatoms. The van der Waals surface area contributed by atoms with E-state index in [0.29, 0.717) is 0 Å². The molecule has 48 valence electrons. The minimum absolute atomic E-state index is 0. The van der Waals surface area contributed by atoms with Crippen LogP contribution in [0.25, 0.3) is 6.15 Å². The summed E-state index contributed by atoms with van der Waals surface area (Å²) in [6, 6.07) is 0. The van der Waals surface area contributed by atoms with Crippen LogP contribution in [0.3, 0.4) is 0 Å². The number of aliphatic hydroxyl groups excluding tert-OH is 1. The third-order valence-electron chi connectivity index (χ3n) is 0.357. The van der Waals surface area contributed by atoms with Gasteiger partial charge in [-0.3, -0.25) is 0 Å². The molecule has 0 heterocycles. The Kier molecular flexibility index (Phi) is 14.3. The second-order valence-corrected chi connectivity index (χ2v) is 1.01. The van der Waals surface area contributed by atoms with Crippen LogP contribution in [0.4, 0.5) is 0 Å². The summed E-state index contributed by atoms with van der Waals surface area (Å²) < 4.78 is 0. The second kappa shape index (κ2) is 7.27. The number of carbonyl (C=O) groups is 1. The van der Waals surface area contributed by atoms with Crippen molar-refractivity contribution < 1.29 is 41.2 Å². The Balaban J connectivity index is -0.000000125. The van der Waals surface area contributed by atoms with Crippen molar-refractivity contribution in [1.82, 2.24) is 0 Å². The van der Waals surface area contributed by atoms with Crippen molar-refractivity contribution in [3.05, 3.63) is 6.15 Å². The molecule has 0 amide bonds. The molecule has 0 spiro atoms. The largest absolute Gasteiger partial charge is 0.693 e. The first kappa shape index (κ1) is 15.7. The maximum absolute atomic E-state index is 9.45. The predicted molar refractivity (Wildman–Crippen MR) is 24.6 cm³/mol. The Labute approximate surface area is 66.6 Å². The van der Waals surface area contributed by atoms with Gasteiger partial charge in [0.25, 0.3) is 0 Å². The molecule has 8 heavy (non-hydrogen) atoms. The van der Waals surface area contributed by atoms with Gasteiger partial charge in [0.05, 0.1) is 0 Å². The van der Waals surface area contributed by atoms with Crippen molar-refractivity contribution in [2.45, 2.75) is 13.0 Å². The van der Waals surface area contributed by atoms with Gasteiger partial charge in [-0.1, -0.05) is 0 Å². The molecule has 0 fully saturated rings. The Bertz CT molecular complexity index is 65.5. The first-order chi connectivity index (χ1) is 2.64. The van der Waals surface area contributed by atoms with Crippen LogP contribution in [-0.4, -0.2) is 22.3 Å². The summed E-state index contributed by atoms with van der Waals surface area (Å²) in [7, 11) is 0. The molecule has 1 atom stereocenters. The summed E-state index contributed by atoms with van der Waals surface area (Å²) in [4.78, 5) is 9.45. The maximum Gasteiger partial charge on any atom is 0.332 e. The zero-order valence-corrected chi connectivity index (χ0v) is 6.92. The molecular weight excluding hydrogens is 189 g/mol. The fourth-order valence-corrected chi connectivity index (χ4v) is 0. The van der Waals surface area contributed by atoms with E-state index in [1.165, 1.54) is 6.92 Å². The third-order valence-corrected chi connectivity index (χ3v) is 0.357. The minimum Gasteiger partial charge on any atom is -0.693 e. The Morgan fingerprint density at radius 2 is 1.75 bits per heavy atom. The molecule has 0 aromatic heterocycles. The molecule has 1 unspecified atom stereocenters. The molecule has 0 bridgehead atoms. The fraction of sp³-hybridized carbons (Fsp3) is 0.667. The van der Waals surface area contributed by atoms with Gasteiger partial charge in [0.1, 0.15) is 6.10 Å². The quantitative estimate of drug-likeness (QED) is 0.627. The molecule has 0 aliphatic rings. The number of aliphatic carboxylic acids is 1. The van der Waals surface area contributed by atoms with Gasteiger partial charge >= 0.3 is 5.97 Å². The Morgan fingerprint density at radius 3 is 1.75 bits per heavy atom. The summed E-state index contributed by atoms with van der Waals surface area (Å²) in [5.74, 6) is -1.19. The van der Waals surface area contributed by atoms with Gasteiger partial charge < -0.3 is 16.4 Å². The Morgan fingerprint density at radius 1 is 1.62 bits per heavy atom. The standard InChI is InChI=1S/C3H6O3.H2N.Zr/c1-2(4)3(5)6;;/h2,4H,1H3,(H,5,6);1H2;/q;-1;. The molecule has 0 saturated carbocycles. The van der Waals surface area contributed by atoms with Crippen molar-refractivity contribution in [2.75, 3.05) is 0 Å². The molecule has 0 radical (unpaired) electrons. The summed E-state index contributed by atoms with van der Waals surface area (Å²) in [6.07, 6.45) is -1.23. The van der Waals surface area contributed by atoms with Crippen LogP contribution < -0.4 is 0 Å². The van der Waals surface area contributed by atoms with Crippen LogP contribution in [0.1, 0.15) is 6.92 Å². The third kappa shape index (κ3) is 9.55. The average Bonchev–Trinajstić information content (AvgIpc) is 1.36. The molecule has 0 rings (SSSR count). The number of rotatable bonds is 1. The monoisotopic (exact) mass is 196 g/mol. The van der Waals surface area contributed by atoms with Crippen LogP contribution in [0.15, 0.2) is 0 Å². The van der Waals surface area contributed by atoms with Gasteiger partial charge in [0.15, 0.2) is 0 Å². The fourth-order valence-electron chi connectivity index (χ4n) is 0. The van der Waals surface area contributed by atoms with Crippen LogP contribution in [-0.2, 0) is 31.0 Å². The van der Waals surface area contributed by atoms with Gasteiger partial charge in [0.2, 0.25) is 0 Å². The van der Waals surface area contributed by atoms with E-state index in [0.717, 1.165) is 0 Å². The summed E-state index contributed by atoms with van der Waals surface area (Å²) in [5.41, 5.74) is 0. The number of hydrogen-bond acceptors (Lipinski definition) is 2. The molecule has 4 N–H and O–H groups in total. The van der Waals surface area contributed by atoms with Gasteiger partial charge in [0, 0.05) is 26.2 Å². The van der Waals surface area contributed by atoms with Crippen LogP contribution in [0.2, 0.25) is 0 Å². The van der Waals surface area contributed by atoms with Crippen molar-refractivity contribution in [1.29, 1.82) is 0 Å². The second-order valence-electron chi connectivity index (χ2n) is 1.01. The number of carboxylic acids is 1. The van der Waals surface area contributed by atoms with E-state index >= 15 is 0 Å². The molecule has 0 saturated heterocycles. The van der Waals surface area contributed by atoms with E-state index in [2.05, 4.69) is 0 Å². The van der Waals surface area contributed by atoms with E-state index in [1.807, 2.05) is 0 Å². The van der Waals surface area contributed by atoms with E-state index in [9.17, 15) is 4.79 Å². The summed E-state index contributed by atoms with van der Waals surface area (Å²) >= 11 is 0. The molecule has 0 aromatic carbocycles. The number of hydrogen-bond donors (Lipinski definition) is 2. The van der Waals surface area contributed by atoms with Gasteiger partial charge in [-0.2, -0.15) is 0 Å². The van der Waals surface area contributed by atoms with E-state index < -0.39 is 12.1 Å². The average molecular weight is 197 g/mol. The first-order valence-corrected chi connectivity index (χ1v) is 1.55. The van der Waals surface area contributed by atoms with Gasteiger partial charge in [-0.15, -0.1) is 0 Å². The SMILES string of the molecule is CC(O)C(=O)O.[NH2-].[Zr]. The zero-order chi connectivity index (χ0) is 5.15. The number of nitrogens with two attached hydrogens (primary N) is 1. The maximum atomic E-state index is 9.45. The van der Waals surface area contributed by atoms with E-state index in [-0.39, 0.29) is 32.4 Å². The van der Waals surface area contributed by atoms with Crippen LogP contribution in [0.5, 0.6) is 0 Å². The normalized spacial score (nSPS) is 10.2. The molecule has 0 aliphatic heterocycles. The first-order valence-electron chi connectivity index (χ1n) is 1.55.